The quantitative estimate of drug-likeness (QED) is 0.786. The van der Waals surface area contributed by atoms with E-state index in [2.05, 4.69) is 52.4 Å². The number of carbonyl (C=O) groups excluding carboxylic acids is 1. The van der Waals surface area contributed by atoms with Gasteiger partial charge >= 0.3 is 0 Å². The van der Waals surface area contributed by atoms with Gasteiger partial charge in [-0.25, -0.2) is 0 Å². The van der Waals surface area contributed by atoms with E-state index in [1.165, 1.54) is 16.7 Å². The second-order valence-corrected chi connectivity index (χ2v) is 8.21. The molecule has 4 rings (SSSR count). The molecular weight excluding hydrogens is 362 g/mol. The summed E-state index contributed by atoms with van der Waals surface area (Å²) in [5.74, 6) is 1.50. The minimum Gasteiger partial charge on any atom is -0.493 e. The van der Waals surface area contributed by atoms with E-state index in [0.29, 0.717) is 19.0 Å². The van der Waals surface area contributed by atoms with Gasteiger partial charge in [0, 0.05) is 45.7 Å². The number of hydrogen-bond acceptors (Lipinski definition) is 4. The smallest absolute Gasteiger partial charge is 0.234 e. The third-order valence-electron chi connectivity index (χ3n) is 5.97. The first kappa shape index (κ1) is 19.9. The Bertz CT molecular complexity index is 816. The van der Waals surface area contributed by atoms with E-state index in [9.17, 15) is 4.79 Å². The number of carbonyl (C=O) groups is 1. The summed E-state index contributed by atoms with van der Waals surface area (Å²) in [6.07, 6.45) is 1.02. The molecule has 5 heteroatoms. The lowest BCUT2D eigenvalue weighted by Crippen LogP contribution is -2.49. The van der Waals surface area contributed by atoms with E-state index in [1.54, 1.807) is 0 Å². The summed E-state index contributed by atoms with van der Waals surface area (Å²) in [6, 6.07) is 16.9. The molecule has 2 aromatic carbocycles. The number of amides is 1. The number of piperazine rings is 1. The van der Waals surface area contributed by atoms with Crippen LogP contribution in [0.5, 0.6) is 5.75 Å². The van der Waals surface area contributed by atoms with Crippen molar-refractivity contribution in [3.8, 4) is 5.75 Å². The lowest BCUT2D eigenvalue weighted by atomic mass is 10.0. The van der Waals surface area contributed by atoms with Crippen LogP contribution in [-0.4, -0.2) is 61.6 Å². The van der Waals surface area contributed by atoms with Crippen molar-refractivity contribution in [1.82, 2.24) is 15.1 Å². The summed E-state index contributed by atoms with van der Waals surface area (Å²) in [7, 11) is 0. The number of rotatable bonds is 7. The Labute approximate surface area is 173 Å². The summed E-state index contributed by atoms with van der Waals surface area (Å²) in [4.78, 5) is 17.1. The summed E-state index contributed by atoms with van der Waals surface area (Å²) in [6.45, 7) is 9.00. The summed E-state index contributed by atoms with van der Waals surface area (Å²) >= 11 is 0. The van der Waals surface area contributed by atoms with Crippen molar-refractivity contribution in [3.05, 3.63) is 65.2 Å². The van der Waals surface area contributed by atoms with Crippen LogP contribution < -0.4 is 10.1 Å². The molecule has 0 spiro atoms. The first-order valence-electron chi connectivity index (χ1n) is 10.7. The van der Waals surface area contributed by atoms with Crippen molar-refractivity contribution in [2.45, 2.75) is 25.8 Å². The number of nitrogens with one attached hydrogen (secondary N) is 1. The molecule has 0 aromatic heterocycles. The highest BCUT2D eigenvalue weighted by Crippen LogP contribution is 2.26. The molecule has 2 aromatic rings. The molecule has 2 heterocycles. The topological polar surface area (TPSA) is 44.8 Å². The maximum absolute atomic E-state index is 12.3. The van der Waals surface area contributed by atoms with Crippen molar-refractivity contribution in [3.63, 3.8) is 0 Å². The van der Waals surface area contributed by atoms with Crippen LogP contribution in [0.15, 0.2) is 48.5 Å². The molecule has 1 atom stereocenters. The number of benzene rings is 2. The monoisotopic (exact) mass is 393 g/mol. The largest absolute Gasteiger partial charge is 0.493 e. The van der Waals surface area contributed by atoms with E-state index in [4.69, 9.17) is 4.74 Å². The molecule has 0 bridgehead atoms. The summed E-state index contributed by atoms with van der Waals surface area (Å²) in [5.41, 5.74) is 3.96. The van der Waals surface area contributed by atoms with E-state index in [1.807, 2.05) is 18.2 Å². The third kappa shape index (κ3) is 5.37. The van der Waals surface area contributed by atoms with Crippen LogP contribution in [0.2, 0.25) is 0 Å². The molecule has 2 aliphatic heterocycles. The fourth-order valence-corrected chi connectivity index (χ4v) is 4.13. The van der Waals surface area contributed by atoms with E-state index >= 15 is 0 Å². The second-order valence-electron chi connectivity index (χ2n) is 8.21. The van der Waals surface area contributed by atoms with E-state index in [0.717, 1.165) is 51.5 Å². The highest BCUT2D eigenvalue weighted by molar-refractivity contribution is 5.78. The van der Waals surface area contributed by atoms with E-state index < -0.39 is 0 Å². The number of ether oxygens (including phenoxy) is 1. The van der Waals surface area contributed by atoms with Gasteiger partial charge in [0.2, 0.25) is 5.91 Å². The Balaban J connectivity index is 1.17. The fourth-order valence-electron chi connectivity index (χ4n) is 4.13. The molecule has 1 fully saturated rings. The minimum atomic E-state index is 0.125. The molecule has 1 amide bonds. The van der Waals surface area contributed by atoms with Gasteiger partial charge in [0.1, 0.15) is 5.75 Å². The SMILES string of the molecule is C[C@H](CNC(=O)CN1CCN(Cc2ccc3c(c2)CCO3)CC1)c1ccccc1. The standard InChI is InChI=1S/C24H31N3O2/c1-19(21-5-3-2-4-6-21)16-25-24(28)18-27-12-10-26(11-13-27)17-20-7-8-23-22(15-20)9-14-29-23/h2-8,15,19H,9-14,16-18H2,1H3,(H,25,28)/t19-/m1/s1. The van der Waals surface area contributed by atoms with Crippen molar-refractivity contribution >= 4 is 5.91 Å². The van der Waals surface area contributed by atoms with Crippen molar-refractivity contribution in [2.24, 2.45) is 0 Å². The summed E-state index contributed by atoms with van der Waals surface area (Å²) in [5, 5.41) is 3.10. The van der Waals surface area contributed by atoms with Crippen LogP contribution in [-0.2, 0) is 17.8 Å². The zero-order chi connectivity index (χ0) is 20.1. The van der Waals surface area contributed by atoms with E-state index in [-0.39, 0.29) is 5.91 Å². The molecule has 0 radical (unpaired) electrons. The first-order chi connectivity index (χ1) is 14.2. The number of nitrogens with zero attached hydrogens (tertiary/aromatic N) is 2. The zero-order valence-electron chi connectivity index (χ0n) is 17.3. The normalized spacial score (nSPS) is 18.1. The molecule has 5 nitrogen and oxygen atoms in total. The van der Waals surface area contributed by atoms with Crippen LogP contribution in [0, 0.1) is 0 Å². The minimum absolute atomic E-state index is 0.125. The van der Waals surface area contributed by atoms with Crippen LogP contribution in [0.1, 0.15) is 29.5 Å². The van der Waals surface area contributed by atoms with Gasteiger partial charge in [0.05, 0.1) is 13.2 Å². The van der Waals surface area contributed by atoms with Crippen molar-refractivity contribution in [2.75, 3.05) is 45.9 Å². The van der Waals surface area contributed by atoms with Gasteiger partial charge in [-0.1, -0.05) is 49.4 Å². The van der Waals surface area contributed by atoms with Crippen LogP contribution in [0.25, 0.3) is 0 Å². The Morgan fingerprint density at radius 2 is 1.83 bits per heavy atom. The van der Waals surface area contributed by atoms with Crippen LogP contribution in [0.4, 0.5) is 0 Å². The predicted molar refractivity (Wildman–Crippen MR) is 115 cm³/mol. The van der Waals surface area contributed by atoms with Gasteiger partial charge in [-0.3, -0.25) is 14.6 Å². The highest BCUT2D eigenvalue weighted by Gasteiger charge is 2.20. The average molecular weight is 394 g/mol. The van der Waals surface area contributed by atoms with Gasteiger partial charge < -0.3 is 10.1 Å². The van der Waals surface area contributed by atoms with Gasteiger partial charge in [0.25, 0.3) is 0 Å². The zero-order valence-corrected chi connectivity index (χ0v) is 17.3. The number of fused-ring (bicyclic) bond motifs is 1. The van der Waals surface area contributed by atoms with Gasteiger partial charge in [-0.15, -0.1) is 0 Å². The average Bonchev–Trinajstić information content (AvgIpc) is 3.22. The second kappa shape index (κ2) is 9.42. The Hall–Kier alpha value is -2.37. The lowest BCUT2D eigenvalue weighted by Gasteiger charge is -2.34. The lowest BCUT2D eigenvalue weighted by molar-refractivity contribution is -0.122. The fraction of sp³-hybridized carbons (Fsp3) is 0.458. The molecule has 2 aliphatic rings. The molecule has 29 heavy (non-hydrogen) atoms. The highest BCUT2D eigenvalue weighted by atomic mass is 16.5. The van der Waals surface area contributed by atoms with Crippen molar-refractivity contribution in [1.29, 1.82) is 0 Å². The van der Waals surface area contributed by atoms with Crippen molar-refractivity contribution < 1.29 is 9.53 Å². The molecule has 0 unspecified atom stereocenters. The van der Waals surface area contributed by atoms with Gasteiger partial charge in [-0.2, -0.15) is 0 Å². The van der Waals surface area contributed by atoms with Gasteiger partial charge in [0.15, 0.2) is 0 Å². The van der Waals surface area contributed by atoms with Crippen LogP contribution in [0.3, 0.4) is 0 Å². The van der Waals surface area contributed by atoms with Gasteiger partial charge in [-0.05, 0) is 28.7 Å². The predicted octanol–water partition coefficient (Wildman–Crippen LogP) is 2.66. The molecule has 0 aliphatic carbocycles. The molecule has 154 valence electrons. The Kier molecular flexibility index (Phi) is 6.47. The van der Waals surface area contributed by atoms with Crippen LogP contribution >= 0.6 is 0 Å². The Morgan fingerprint density at radius 1 is 1.07 bits per heavy atom. The maximum Gasteiger partial charge on any atom is 0.234 e. The first-order valence-corrected chi connectivity index (χ1v) is 10.7. The Morgan fingerprint density at radius 3 is 2.62 bits per heavy atom. The molecular formula is C24H31N3O2. The number of hydrogen-bond donors (Lipinski definition) is 1. The summed E-state index contributed by atoms with van der Waals surface area (Å²) < 4.78 is 5.60. The molecule has 0 saturated carbocycles. The maximum atomic E-state index is 12.3. The molecule has 1 saturated heterocycles. The third-order valence-corrected chi connectivity index (χ3v) is 5.97. The molecule has 1 N–H and O–H groups in total.